The van der Waals surface area contributed by atoms with Crippen molar-refractivity contribution in [3.63, 3.8) is 0 Å². The van der Waals surface area contributed by atoms with Crippen LogP contribution in [0.1, 0.15) is 31.4 Å². The topological polar surface area (TPSA) is 86.7 Å². The first-order chi connectivity index (χ1) is 12.7. The molecule has 6 nitrogen and oxygen atoms in total. The number of aromatic nitrogens is 1. The van der Waals surface area contributed by atoms with Crippen LogP contribution in [0, 0.1) is 0 Å². The Morgan fingerprint density at radius 2 is 2.23 bits per heavy atom. The molecule has 1 aromatic heterocycles. The number of nitrogens with one attached hydrogen (secondary N) is 2. The van der Waals surface area contributed by atoms with Crippen molar-refractivity contribution < 1.29 is 14.6 Å². The minimum absolute atomic E-state index is 0.0948. The van der Waals surface area contributed by atoms with E-state index in [1.54, 1.807) is 11.8 Å². The predicted molar refractivity (Wildman–Crippen MR) is 105 cm³/mol. The third-order valence-electron chi connectivity index (χ3n) is 4.87. The van der Waals surface area contributed by atoms with Crippen LogP contribution < -0.4 is 5.32 Å². The molecule has 3 heterocycles. The number of carboxylic acid groups (broad SMARTS) is 1. The second kappa shape index (κ2) is 7.72. The highest BCUT2D eigenvalue weighted by Gasteiger charge is 2.22. The van der Waals surface area contributed by atoms with Gasteiger partial charge in [-0.25, -0.2) is 0 Å². The van der Waals surface area contributed by atoms with E-state index in [4.69, 9.17) is 14.8 Å². The second-order valence-corrected chi connectivity index (χ2v) is 7.82. The van der Waals surface area contributed by atoms with Crippen molar-refractivity contribution in [1.82, 2.24) is 4.98 Å². The summed E-state index contributed by atoms with van der Waals surface area (Å²) in [5, 5.41) is 14.6. The molecule has 2 aliphatic heterocycles. The molecular weight excluding hydrogens is 350 g/mol. The van der Waals surface area contributed by atoms with Crippen molar-refractivity contribution in [2.75, 3.05) is 24.3 Å². The third-order valence-corrected chi connectivity index (χ3v) is 6.02. The SMILES string of the molecule is O=C(O)CC[C@@H]1CSC(c2cc3cccc(NC4CCOCC4)c3[nH]2)=N1. The van der Waals surface area contributed by atoms with Crippen LogP contribution in [0.3, 0.4) is 0 Å². The quantitative estimate of drug-likeness (QED) is 0.722. The Balaban J connectivity index is 1.53. The third kappa shape index (κ3) is 3.88. The van der Waals surface area contributed by atoms with Crippen molar-refractivity contribution in [1.29, 1.82) is 0 Å². The van der Waals surface area contributed by atoms with E-state index in [9.17, 15) is 4.79 Å². The first-order valence-electron chi connectivity index (χ1n) is 9.08. The average molecular weight is 373 g/mol. The predicted octanol–water partition coefficient (Wildman–Crippen LogP) is 3.49. The van der Waals surface area contributed by atoms with E-state index in [2.05, 4.69) is 34.6 Å². The van der Waals surface area contributed by atoms with Gasteiger partial charge in [0.25, 0.3) is 0 Å². The van der Waals surface area contributed by atoms with Crippen LogP contribution in [0.5, 0.6) is 0 Å². The number of nitrogens with zero attached hydrogens (tertiary/aromatic N) is 1. The highest BCUT2D eigenvalue weighted by Crippen LogP contribution is 2.30. The Hall–Kier alpha value is -1.99. The van der Waals surface area contributed by atoms with Crippen LogP contribution in [0.2, 0.25) is 0 Å². The molecule has 2 aromatic rings. The van der Waals surface area contributed by atoms with E-state index in [1.807, 2.05) is 0 Å². The number of para-hydroxylation sites is 1. The largest absolute Gasteiger partial charge is 0.481 e. The number of benzene rings is 1. The lowest BCUT2D eigenvalue weighted by Crippen LogP contribution is -2.27. The van der Waals surface area contributed by atoms with Crippen molar-refractivity contribution in [2.24, 2.45) is 4.99 Å². The summed E-state index contributed by atoms with van der Waals surface area (Å²) in [5.74, 6) is 0.0959. The van der Waals surface area contributed by atoms with Crippen LogP contribution in [-0.2, 0) is 9.53 Å². The Morgan fingerprint density at radius 3 is 3.04 bits per heavy atom. The second-order valence-electron chi connectivity index (χ2n) is 6.82. The van der Waals surface area contributed by atoms with Gasteiger partial charge in [-0.15, -0.1) is 11.8 Å². The standard InChI is InChI=1S/C19H23N3O3S/c23-17(24)5-4-14-11-26-19(21-14)16-10-12-2-1-3-15(18(12)22-16)20-13-6-8-25-9-7-13/h1-3,10,13-14,20,22H,4-9,11H2,(H,23,24)/t14-/m1/s1. The van der Waals surface area contributed by atoms with Gasteiger partial charge in [0.15, 0.2) is 0 Å². The summed E-state index contributed by atoms with van der Waals surface area (Å²) in [4.78, 5) is 19.0. The molecule has 1 fully saturated rings. The van der Waals surface area contributed by atoms with Gasteiger partial charge in [0.2, 0.25) is 0 Å². The number of hydrogen-bond donors (Lipinski definition) is 3. The van der Waals surface area contributed by atoms with Gasteiger partial charge in [-0.05, 0) is 31.4 Å². The maximum atomic E-state index is 10.7. The minimum Gasteiger partial charge on any atom is -0.481 e. The smallest absolute Gasteiger partial charge is 0.303 e. The number of thioether (sulfide) groups is 1. The van der Waals surface area contributed by atoms with Crippen LogP contribution in [0.4, 0.5) is 5.69 Å². The van der Waals surface area contributed by atoms with E-state index < -0.39 is 5.97 Å². The summed E-state index contributed by atoms with van der Waals surface area (Å²) >= 11 is 1.70. The minimum atomic E-state index is -0.756. The van der Waals surface area contributed by atoms with E-state index in [1.165, 1.54) is 0 Å². The monoisotopic (exact) mass is 373 g/mol. The van der Waals surface area contributed by atoms with Gasteiger partial charge in [0, 0.05) is 36.8 Å². The number of carbonyl (C=O) groups is 1. The number of hydrogen-bond acceptors (Lipinski definition) is 5. The zero-order chi connectivity index (χ0) is 17.9. The molecule has 1 atom stereocenters. The Labute approximate surface area is 156 Å². The fourth-order valence-electron chi connectivity index (χ4n) is 3.45. The molecule has 4 rings (SSSR count). The van der Waals surface area contributed by atoms with Crippen LogP contribution in [0.15, 0.2) is 29.3 Å². The zero-order valence-electron chi connectivity index (χ0n) is 14.5. The first kappa shape index (κ1) is 17.4. The highest BCUT2D eigenvalue weighted by molar-refractivity contribution is 8.14. The number of carboxylic acids is 1. The molecule has 0 unspecified atom stereocenters. The van der Waals surface area contributed by atoms with Gasteiger partial charge in [-0.2, -0.15) is 0 Å². The Kier molecular flexibility index (Phi) is 5.17. The van der Waals surface area contributed by atoms with Gasteiger partial charge >= 0.3 is 5.97 Å². The number of aromatic amines is 1. The van der Waals surface area contributed by atoms with Crippen molar-refractivity contribution in [3.05, 3.63) is 30.0 Å². The molecule has 0 amide bonds. The fraction of sp³-hybridized carbons (Fsp3) is 0.474. The number of fused-ring (bicyclic) bond motifs is 1. The summed E-state index contributed by atoms with van der Waals surface area (Å²) in [5.41, 5.74) is 3.24. The molecule has 26 heavy (non-hydrogen) atoms. The molecule has 1 saturated heterocycles. The summed E-state index contributed by atoms with van der Waals surface area (Å²) in [7, 11) is 0. The summed E-state index contributed by atoms with van der Waals surface area (Å²) in [6.45, 7) is 1.63. The fourth-order valence-corrected chi connectivity index (χ4v) is 4.53. The number of anilines is 1. The Morgan fingerprint density at radius 1 is 1.38 bits per heavy atom. The van der Waals surface area contributed by atoms with Gasteiger partial charge in [-0.3, -0.25) is 9.79 Å². The zero-order valence-corrected chi connectivity index (χ0v) is 15.3. The molecule has 3 N–H and O–H groups in total. The lowest BCUT2D eigenvalue weighted by Gasteiger charge is -2.24. The van der Waals surface area contributed by atoms with Crippen LogP contribution >= 0.6 is 11.8 Å². The average Bonchev–Trinajstić information content (AvgIpc) is 3.28. The maximum absolute atomic E-state index is 10.7. The maximum Gasteiger partial charge on any atom is 0.303 e. The van der Waals surface area contributed by atoms with Crippen molar-refractivity contribution in [3.8, 4) is 0 Å². The number of aliphatic carboxylic acids is 1. The first-order valence-corrected chi connectivity index (χ1v) is 10.1. The molecule has 138 valence electrons. The van der Waals surface area contributed by atoms with E-state index >= 15 is 0 Å². The summed E-state index contributed by atoms with van der Waals surface area (Å²) < 4.78 is 5.44. The molecule has 1 aromatic carbocycles. The molecule has 0 saturated carbocycles. The molecular formula is C19H23N3O3S. The molecule has 0 spiro atoms. The molecule has 0 aliphatic carbocycles. The normalized spacial score (nSPS) is 21.1. The lowest BCUT2D eigenvalue weighted by atomic mass is 10.1. The van der Waals surface area contributed by atoms with Gasteiger partial charge < -0.3 is 20.1 Å². The molecule has 0 bridgehead atoms. The lowest BCUT2D eigenvalue weighted by molar-refractivity contribution is -0.137. The van der Waals surface area contributed by atoms with E-state index in [0.29, 0.717) is 12.5 Å². The van der Waals surface area contributed by atoms with Crippen molar-refractivity contribution >= 4 is 39.4 Å². The number of ether oxygens (including phenoxy) is 1. The van der Waals surface area contributed by atoms with Crippen LogP contribution in [0.25, 0.3) is 10.9 Å². The van der Waals surface area contributed by atoms with Crippen LogP contribution in [-0.4, -0.2) is 52.2 Å². The van der Waals surface area contributed by atoms with Gasteiger partial charge in [0.1, 0.15) is 5.04 Å². The Bertz CT molecular complexity index is 827. The molecule has 2 aliphatic rings. The summed E-state index contributed by atoms with van der Waals surface area (Å²) in [6.07, 6.45) is 2.83. The van der Waals surface area contributed by atoms with Gasteiger partial charge in [0.05, 0.1) is 22.9 Å². The molecule has 0 radical (unpaired) electrons. The number of H-pyrrole nitrogens is 1. The highest BCUT2D eigenvalue weighted by atomic mass is 32.2. The number of aliphatic imine (C=N–C) groups is 1. The number of rotatable bonds is 6. The van der Waals surface area contributed by atoms with Gasteiger partial charge in [-0.1, -0.05) is 12.1 Å². The van der Waals surface area contributed by atoms with Crippen molar-refractivity contribution in [2.45, 2.75) is 37.8 Å². The van der Waals surface area contributed by atoms with E-state index in [0.717, 1.165) is 59.1 Å². The summed E-state index contributed by atoms with van der Waals surface area (Å²) in [6, 6.07) is 8.96. The molecule has 7 heteroatoms. The van der Waals surface area contributed by atoms with E-state index in [-0.39, 0.29) is 12.5 Å².